The van der Waals surface area contributed by atoms with Crippen molar-refractivity contribution >= 4 is 11.8 Å². The molecule has 0 saturated carbocycles. The highest BCUT2D eigenvalue weighted by Gasteiger charge is 2.23. The predicted molar refractivity (Wildman–Crippen MR) is 73.0 cm³/mol. The number of hydrogen-bond donors (Lipinski definition) is 1. The van der Waals surface area contributed by atoms with Gasteiger partial charge in [-0.05, 0) is 37.3 Å². The maximum atomic E-state index is 11.6. The quantitative estimate of drug-likeness (QED) is 0.653. The monoisotopic (exact) mass is 268 g/mol. The minimum Gasteiger partial charge on any atom is -0.481 e. The van der Waals surface area contributed by atoms with E-state index in [1.807, 2.05) is 13.0 Å². The van der Waals surface area contributed by atoms with Crippen molar-refractivity contribution in [3.05, 3.63) is 11.6 Å². The van der Waals surface area contributed by atoms with Crippen LogP contribution in [-0.4, -0.2) is 30.1 Å². The largest absolute Gasteiger partial charge is 0.481 e. The van der Waals surface area contributed by atoms with Crippen molar-refractivity contribution in [3.63, 3.8) is 0 Å². The molecule has 1 rings (SSSR count). The van der Waals surface area contributed by atoms with E-state index < -0.39 is 5.97 Å². The second-order valence-electron chi connectivity index (χ2n) is 5.14. The maximum Gasteiger partial charge on any atom is 0.306 e. The van der Waals surface area contributed by atoms with Crippen molar-refractivity contribution in [1.82, 2.24) is 0 Å². The van der Waals surface area contributed by atoms with Gasteiger partial charge in [0.25, 0.3) is 0 Å². The minimum absolute atomic E-state index is 0.0426. The number of rotatable bonds is 9. The van der Waals surface area contributed by atoms with Crippen LogP contribution < -0.4 is 0 Å². The van der Waals surface area contributed by atoms with Crippen molar-refractivity contribution < 1.29 is 19.4 Å². The molecule has 0 radical (unpaired) electrons. The summed E-state index contributed by atoms with van der Waals surface area (Å²) in [6, 6.07) is 0. The first-order chi connectivity index (χ1) is 9.08. The van der Waals surface area contributed by atoms with E-state index in [1.54, 1.807) is 7.11 Å². The third kappa shape index (κ3) is 5.15. The lowest BCUT2D eigenvalue weighted by Gasteiger charge is -2.08. The summed E-state index contributed by atoms with van der Waals surface area (Å²) in [6.07, 6.45) is 7.42. The zero-order chi connectivity index (χ0) is 14.3. The third-order valence-electron chi connectivity index (χ3n) is 3.78. The van der Waals surface area contributed by atoms with Crippen LogP contribution in [0.4, 0.5) is 0 Å². The van der Waals surface area contributed by atoms with Gasteiger partial charge in [-0.15, -0.1) is 0 Å². The Morgan fingerprint density at radius 2 is 2.21 bits per heavy atom. The highest BCUT2D eigenvalue weighted by molar-refractivity contribution is 5.98. The van der Waals surface area contributed by atoms with Crippen LogP contribution in [0.15, 0.2) is 11.6 Å². The Morgan fingerprint density at radius 1 is 1.47 bits per heavy atom. The van der Waals surface area contributed by atoms with Crippen molar-refractivity contribution in [2.45, 2.75) is 58.0 Å². The summed E-state index contributed by atoms with van der Waals surface area (Å²) >= 11 is 0. The molecule has 0 aromatic carbocycles. The molecule has 1 aliphatic rings. The van der Waals surface area contributed by atoms with Gasteiger partial charge in [0.15, 0.2) is 5.78 Å². The number of carbonyl (C=O) groups is 2. The number of allylic oxidation sites excluding steroid dienone is 1. The molecule has 0 amide bonds. The van der Waals surface area contributed by atoms with Gasteiger partial charge in [-0.3, -0.25) is 9.59 Å². The molecule has 0 aromatic rings. The summed E-state index contributed by atoms with van der Waals surface area (Å²) in [4.78, 5) is 22.5. The Bertz CT molecular complexity index is 346. The highest BCUT2D eigenvalue weighted by atomic mass is 16.5. The molecule has 0 heterocycles. The van der Waals surface area contributed by atoms with Crippen LogP contribution in [0.5, 0.6) is 0 Å². The van der Waals surface area contributed by atoms with E-state index in [0.29, 0.717) is 12.8 Å². The number of unbranched alkanes of at least 4 members (excludes halogenated alkanes) is 2. The summed E-state index contributed by atoms with van der Waals surface area (Å²) < 4.78 is 5.15. The zero-order valence-electron chi connectivity index (χ0n) is 11.9. The average molecular weight is 268 g/mol. The van der Waals surface area contributed by atoms with E-state index in [2.05, 4.69) is 0 Å². The molecule has 0 saturated heterocycles. The summed E-state index contributed by atoms with van der Waals surface area (Å²) in [5, 5.41) is 8.93. The molecule has 1 aliphatic carbocycles. The number of ketones is 1. The van der Waals surface area contributed by atoms with Crippen LogP contribution in [-0.2, 0) is 14.3 Å². The van der Waals surface area contributed by atoms with Gasteiger partial charge in [-0.1, -0.05) is 19.8 Å². The molecule has 0 spiro atoms. The lowest BCUT2D eigenvalue weighted by Crippen LogP contribution is -2.12. The van der Waals surface area contributed by atoms with E-state index >= 15 is 0 Å². The lowest BCUT2D eigenvalue weighted by atomic mass is 9.97. The van der Waals surface area contributed by atoms with E-state index in [4.69, 9.17) is 9.84 Å². The molecule has 19 heavy (non-hydrogen) atoms. The number of aliphatic carboxylic acids is 1. The summed E-state index contributed by atoms with van der Waals surface area (Å²) in [6.45, 7) is 1.91. The molecule has 108 valence electrons. The van der Waals surface area contributed by atoms with Gasteiger partial charge in [0.05, 0.1) is 12.0 Å². The standard InChI is InChI=1S/C15H24O4/c1-3-11(15(17)18)7-5-4-6-8-12-9-13(19-2)10-14(12)16/h9,11,13H,3-8,10H2,1-2H3,(H,17,18). The third-order valence-corrected chi connectivity index (χ3v) is 3.78. The maximum absolute atomic E-state index is 11.6. The molecule has 1 N–H and O–H groups in total. The van der Waals surface area contributed by atoms with Crippen molar-refractivity contribution in [2.75, 3.05) is 7.11 Å². The predicted octanol–water partition coefficient (Wildman–Crippen LogP) is 2.96. The number of carboxylic acids is 1. The number of ether oxygens (including phenoxy) is 1. The van der Waals surface area contributed by atoms with Gasteiger partial charge in [0, 0.05) is 13.5 Å². The fraction of sp³-hybridized carbons (Fsp3) is 0.733. The van der Waals surface area contributed by atoms with Gasteiger partial charge >= 0.3 is 5.97 Å². The molecular formula is C15H24O4. The van der Waals surface area contributed by atoms with Gasteiger partial charge in [-0.25, -0.2) is 0 Å². The topological polar surface area (TPSA) is 63.6 Å². The van der Waals surface area contributed by atoms with Crippen molar-refractivity contribution in [1.29, 1.82) is 0 Å². The molecule has 2 unspecified atom stereocenters. The molecule has 4 nitrogen and oxygen atoms in total. The van der Waals surface area contributed by atoms with Gasteiger partial charge in [-0.2, -0.15) is 0 Å². The van der Waals surface area contributed by atoms with Crippen molar-refractivity contribution in [3.8, 4) is 0 Å². The fourth-order valence-electron chi connectivity index (χ4n) is 2.45. The Kier molecular flexibility index (Phi) is 6.78. The van der Waals surface area contributed by atoms with Gasteiger partial charge in [0.1, 0.15) is 0 Å². The first-order valence-corrected chi connectivity index (χ1v) is 7.08. The van der Waals surface area contributed by atoms with Crippen molar-refractivity contribution in [2.24, 2.45) is 5.92 Å². The molecule has 0 aliphatic heterocycles. The normalized spacial score (nSPS) is 20.4. The van der Waals surface area contributed by atoms with E-state index in [1.165, 1.54) is 0 Å². The molecule has 2 atom stereocenters. The van der Waals surface area contributed by atoms with Gasteiger partial charge in [0.2, 0.25) is 0 Å². The van der Waals surface area contributed by atoms with Crippen LogP contribution in [0.2, 0.25) is 0 Å². The zero-order valence-corrected chi connectivity index (χ0v) is 11.9. The lowest BCUT2D eigenvalue weighted by molar-refractivity contribution is -0.142. The molecule has 0 aromatic heterocycles. The molecule has 4 heteroatoms. The van der Waals surface area contributed by atoms with Crippen LogP contribution in [0, 0.1) is 5.92 Å². The average Bonchev–Trinajstić information content (AvgIpc) is 2.74. The Balaban J connectivity index is 2.18. The van der Waals surface area contributed by atoms with Crippen LogP contribution >= 0.6 is 0 Å². The van der Waals surface area contributed by atoms with Crippen LogP contribution in [0.25, 0.3) is 0 Å². The number of methoxy groups -OCH3 is 1. The first kappa shape index (κ1) is 15.9. The Morgan fingerprint density at radius 3 is 2.74 bits per heavy atom. The molecule has 0 bridgehead atoms. The SMILES string of the molecule is CCC(CCCCCC1=CC(OC)CC1=O)C(=O)O. The first-order valence-electron chi connectivity index (χ1n) is 7.08. The highest BCUT2D eigenvalue weighted by Crippen LogP contribution is 2.23. The molecular weight excluding hydrogens is 244 g/mol. The fourth-order valence-corrected chi connectivity index (χ4v) is 2.45. The minimum atomic E-state index is -0.695. The van der Waals surface area contributed by atoms with Crippen LogP contribution in [0.1, 0.15) is 51.9 Å². The number of Topliss-reactive ketones (excluding diaryl/α,β-unsaturated/α-hetero) is 1. The van der Waals surface area contributed by atoms with Crippen LogP contribution in [0.3, 0.4) is 0 Å². The summed E-state index contributed by atoms with van der Waals surface area (Å²) in [5.74, 6) is -0.715. The summed E-state index contributed by atoms with van der Waals surface area (Å²) in [5.41, 5.74) is 0.886. The second kappa shape index (κ2) is 8.10. The summed E-state index contributed by atoms with van der Waals surface area (Å²) in [7, 11) is 1.62. The van der Waals surface area contributed by atoms with Gasteiger partial charge < -0.3 is 9.84 Å². The Labute approximate surface area is 114 Å². The second-order valence-corrected chi connectivity index (χ2v) is 5.14. The molecule has 0 fully saturated rings. The van der Waals surface area contributed by atoms with E-state index in [-0.39, 0.29) is 17.8 Å². The number of carbonyl (C=O) groups excluding carboxylic acids is 1. The smallest absolute Gasteiger partial charge is 0.306 e. The number of hydrogen-bond acceptors (Lipinski definition) is 3. The van der Waals surface area contributed by atoms with E-state index in [0.717, 1.165) is 37.7 Å². The van der Waals surface area contributed by atoms with E-state index in [9.17, 15) is 9.59 Å². The Hall–Kier alpha value is -1.16. The number of carboxylic acid groups (broad SMARTS) is 1.